The highest BCUT2D eigenvalue weighted by molar-refractivity contribution is 5.38. The first kappa shape index (κ1) is 13.6. The van der Waals surface area contributed by atoms with Crippen LogP contribution in [-0.4, -0.2) is 41.7 Å². The molecule has 0 aromatic carbocycles. The Bertz CT molecular complexity index is 491. The minimum absolute atomic E-state index is 0.136. The van der Waals surface area contributed by atoms with Gasteiger partial charge in [-0.15, -0.1) is 0 Å². The molecule has 1 aromatic rings. The van der Waals surface area contributed by atoms with E-state index in [-0.39, 0.29) is 6.10 Å². The van der Waals surface area contributed by atoms with Crippen molar-refractivity contribution in [2.24, 2.45) is 11.8 Å². The SMILES string of the molecule is Cc1cc(OC(C)C)nc(N2CC3CNCC3C2C)n1. The lowest BCUT2D eigenvalue weighted by Gasteiger charge is -2.25. The molecule has 3 unspecified atom stereocenters. The Labute approximate surface area is 120 Å². The summed E-state index contributed by atoms with van der Waals surface area (Å²) in [5, 5.41) is 3.48. The van der Waals surface area contributed by atoms with E-state index in [2.05, 4.69) is 27.1 Å². The quantitative estimate of drug-likeness (QED) is 0.909. The van der Waals surface area contributed by atoms with Gasteiger partial charge >= 0.3 is 0 Å². The Hall–Kier alpha value is -1.36. The van der Waals surface area contributed by atoms with Gasteiger partial charge in [-0.3, -0.25) is 0 Å². The van der Waals surface area contributed by atoms with Crippen molar-refractivity contribution in [1.29, 1.82) is 0 Å². The summed E-state index contributed by atoms with van der Waals surface area (Å²) >= 11 is 0. The Kier molecular flexibility index (Phi) is 3.54. The summed E-state index contributed by atoms with van der Waals surface area (Å²) in [7, 11) is 0. The topological polar surface area (TPSA) is 50.3 Å². The predicted octanol–water partition coefficient (Wildman–Crippen LogP) is 1.62. The lowest BCUT2D eigenvalue weighted by molar-refractivity contribution is 0.232. The van der Waals surface area contributed by atoms with E-state index in [0.717, 1.165) is 37.2 Å². The molecule has 0 amide bonds. The molecule has 3 rings (SSSR count). The number of aryl methyl sites for hydroxylation is 1. The molecule has 2 saturated heterocycles. The molecule has 0 spiro atoms. The molecule has 0 bridgehead atoms. The second-order valence-electron chi connectivity index (χ2n) is 6.29. The second kappa shape index (κ2) is 5.20. The first-order valence-electron chi connectivity index (χ1n) is 7.54. The summed E-state index contributed by atoms with van der Waals surface area (Å²) in [6, 6.07) is 2.40. The molecule has 0 aliphatic carbocycles. The van der Waals surface area contributed by atoms with Crippen LogP contribution in [0.1, 0.15) is 26.5 Å². The Balaban J connectivity index is 1.85. The number of hydrogen-bond acceptors (Lipinski definition) is 5. The van der Waals surface area contributed by atoms with Crippen LogP contribution in [0.15, 0.2) is 6.07 Å². The van der Waals surface area contributed by atoms with E-state index in [9.17, 15) is 0 Å². The van der Waals surface area contributed by atoms with Crippen LogP contribution in [0.25, 0.3) is 0 Å². The molecule has 2 aliphatic heterocycles. The smallest absolute Gasteiger partial charge is 0.229 e. The summed E-state index contributed by atoms with van der Waals surface area (Å²) in [4.78, 5) is 11.6. The summed E-state index contributed by atoms with van der Waals surface area (Å²) < 4.78 is 5.73. The van der Waals surface area contributed by atoms with E-state index in [4.69, 9.17) is 4.74 Å². The molecule has 0 radical (unpaired) electrons. The van der Waals surface area contributed by atoms with Crippen molar-refractivity contribution in [3.8, 4) is 5.88 Å². The fourth-order valence-electron chi connectivity index (χ4n) is 3.39. The number of ether oxygens (including phenoxy) is 1. The second-order valence-corrected chi connectivity index (χ2v) is 6.29. The highest BCUT2D eigenvalue weighted by Gasteiger charge is 2.42. The monoisotopic (exact) mass is 276 g/mol. The van der Waals surface area contributed by atoms with Crippen molar-refractivity contribution < 1.29 is 4.74 Å². The molecule has 2 aliphatic rings. The number of hydrogen-bond donors (Lipinski definition) is 1. The van der Waals surface area contributed by atoms with E-state index < -0.39 is 0 Å². The molecule has 5 heteroatoms. The van der Waals surface area contributed by atoms with E-state index in [1.165, 1.54) is 0 Å². The molecular formula is C15H24N4O. The number of rotatable bonds is 3. The molecule has 20 heavy (non-hydrogen) atoms. The number of aromatic nitrogens is 2. The van der Waals surface area contributed by atoms with Crippen LogP contribution in [0, 0.1) is 18.8 Å². The Morgan fingerprint density at radius 2 is 2.15 bits per heavy atom. The Morgan fingerprint density at radius 3 is 2.85 bits per heavy atom. The van der Waals surface area contributed by atoms with Gasteiger partial charge in [0.05, 0.1) is 6.10 Å². The van der Waals surface area contributed by atoms with Crippen LogP contribution in [0.4, 0.5) is 5.95 Å². The summed E-state index contributed by atoms with van der Waals surface area (Å²) in [6.45, 7) is 11.6. The van der Waals surface area contributed by atoms with Gasteiger partial charge in [0.1, 0.15) is 0 Å². The number of nitrogens with one attached hydrogen (secondary N) is 1. The third-order valence-electron chi connectivity index (χ3n) is 4.37. The standard InChI is InChI=1S/C15H24N4O/c1-9(2)20-14-5-10(3)17-15(18-14)19-8-12-6-16-7-13(12)11(19)4/h5,9,11-13,16H,6-8H2,1-4H3. The molecule has 3 atom stereocenters. The van der Waals surface area contributed by atoms with Crippen molar-refractivity contribution in [2.45, 2.75) is 39.8 Å². The highest BCUT2D eigenvalue weighted by Crippen LogP contribution is 2.34. The normalized spacial score (nSPS) is 29.1. The van der Waals surface area contributed by atoms with Crippen molar-refractivity contribution in [3.05, 3.63) is 11.8 Å². The zero-order valence-corrected chi connectivity index (χ0v) is 12.8. The van der Waals surface area contributed by atoms with Gasteiger partial charge in [0.2, 0.25) is 11.8 Å². The molecular weight excluding hydrogens is 252 g/mol. The Morgan fingerprint density at radius 1 is 1.35 bits per heavy atom. The van der Waals surface area contributed by atoms with E-state index in [0.29, 0.717) is 17.8 Å². The van der Waals surface area contributed by atoms with Gasteiger partial charge in [0.15, 0.2) is 0 Å². The fourth-order valence-corrected chi connectivity index (χ4v) is 3.39. The maximum Gasteiger partial charge on any atom is 0.229 e. The van der Waals surface area contributed by atoms with Crippen LogP contribution in [-0.2, 0) is 0 Å². The average Bonchev–Trinajstić information content (AvgIpc) is 2.91. The highest BCUT2D eigenvalue weighted by atomic mass is 16.5. The molecule has 0 saturated carbocycles. The van der Waals surface area contributed by atoms with Crippen LogP contribution in [0.3, 0.4) is 0 Å². The number of anilines is 1. The first-order valence-corrected chi connectivity index (χ1v) is 7.54. The van der Waals surface area contributed by atoms with Crippen molar-refractivity contribution in [2.75, 3.05) is 24.5 Å². The molecule has 1 aromatic heterocycles. The largest absolute Gasteiger partial charge is 0.475 e. The average molecular weight is 276 g/mol. The molecule has 2 fully saturated rings. The van der Waals surface area contributed by atoms with E-state index >= 15 is 0 Å². The van der Waals surface area contributed by atoms with Crippen molar-refractivity contribution >= 4 is 5.95 Å². The fraction of sp³-hybridized carbons (Fsp3) is 0.733. The molecule has 110 valence electrons. The number of nitrogens with zero attached hydrogens (tertiary/aromatic N) is 3. The molecule has 1 N–H and O–H groups in total. The summed E-state index contributed by atoms with van der Waals surface area (Å²) in [5.74, 6) is 2.95. The summed E-state index contributed by atoms with van der Waals surface area (Å²) in [6.07, 6.45) is 0.136. The zero-order valence-electron chi connectivity index (χ0n) is 12.8. The number of fused-ring (bicyclic) bond motifs is 1. The van der Waals surface area contributed by atoms with Gasteiger partial charge in [-0.1, -0.05) is 0 Å². The molecule has 3 heterocycles. The molecule has 5 nitrogen and oxygen atoms in total. The van der Waals surface area contributed by atoms with Crippen LogP contribution < -0.4 is 15.0 Å². The zero-order chi connectivity index (χ0) is 14.3. The van der Waals surface area contributed by atoms with Gasteiger partial charge in [-0.25, -0.2) is 4.98 Å². The van der Waals surface area contributed by atoms with Gasteiger partial charge in [-0.2, -0.15) is 4.98 Å². The first-order chi connectivity index (χ1) is 9.54. The van der Waals surface area contributed by atoms with Gasteiger partial charge in [-0.05, 0) is 39.5 Å². The van der Waals surface area contributed by atoms with Gasteiger partial charge in [0, 0.05) is 37.4 Å². The maximum atomic E-state index is 5.73. The predicted molar refractivity (Wildman–Crippen MR) is 79.2 cm³/mol. The van der Waals surface area contributed by atoms with Gasteiger partial charge < -0.3 is 15.0 Å². The van der Waals surface area contributed by atoms with E-state index in [1.54, 1.807) is 0 Å². The van der Waals surface area contributed by atoms with Crippen molar-refractivity contribution in [3.63, 3.8) is 0 Å². The lowest BCUT2D eigenvalue weighted by atomic mass is 9.95. The third kappa shape index (κ3) is 2.46. The van der Waals surface area contributed by atoms with Crippen LogP contribution in [0.2, 0.25) is 0 Å². The maximum absolute atomic E-state index is 5.73. The van der Waals surface area contributed by atoms with Crippen LogP contribution >= 0.6 is 0 Å². The third-order valence-corrected chi connectivity index (χ3v) is 4.37. The minimum atomic E-state index is 0.136. The minimum Gasteiger partial charge on any atom is -0.475 e. The van der Waals surface area contributed by atoms with Gasteiger partial charge in [0.25, 0.3) is 0 Å². The van der Waals surface area contributed by atoms with Crippen LogP contribution in [0.5, 0.6) is 5.88 Å². The van der Waals surface area contributed by atoms with Crippen molar-refractivity contribution in [1.82, 2.24) is 15.3 Å². The summed E-state index contributed by atoms with van der Waals surface area (Å²) in [5.41, 5.74) is 0.966. The van der Waals surface area contributed by atoms with E-state index in [1.807, 2.05) is 26.8 Å². The lowest BCUT2D eigenvalue weighted by Crippen LogP contribution is -2.34.